The summed E-state index contributed by atoms with van der Waals surface area (Å²) in [5, 5.41) is 5.74. The van der Waals surface area contributed by atoms with E-state index in [4.69, 9.17) is 16.3 Å². The first-order valence-electron chi connectivity index (χ1n) is 8.97. The van der Waals surface area contributed by atoms with E-state index in [0.29, 0.717) is 11.6 Å². The smallest absolute Gasteiger partial charge is 0.235 e. The average Bonchev–Trinajstić information content (AvgIpc) is 3.50. The molecule has 1 N–H and O–H groups in total. The minimum absolute atomic E-state index is 0.0229. The standard InChI is InChI=1S/C23H20ClNO2/c1-2-15-27-21-12-11-20(18-5-3-4-6-19(18)21)25-22(26)23(13-14-23)16-7-9-17(24)10-8-16/h2-12H,1,13-15H2,(H,25,26). The van der Waals surface area contributed by atoms with Crippen LogP contribution in [0.5, 0.6) is 5.75 Å². The van der Waals surface area contributed by atoms with Gasteiger partial charge in [-0.25, -0.2) is 0 Å². The number of anilines is 1. The second-order valence-corrected chi connectivity index (χ2v) is 7.24. The van der Waals surface area contributed by atoms with Crippen molar-refractivity contribution in [2.75, 3.05) is 11.9 Å². The Balaban J connectivity index is 1.65. The van der Waals surface area contributed by atoms with Gasteiger partial charge in [0, 0.05) is 21.5 Å². The van der Waals surface area contributed by atoms with Gasteiger partial charge in [0.1, 0.15) is 12.4 Å². The van der Waals surface area contributed by atoms with Gasteiger partial charge in [-0.1, -0.05) is 60.7 Å². The van der Waals surface area contributed by atoms with Crippen LogP contribution in [-0.2, 0) is 10.2 Å². The van der Waals surface area contributed by atoms with Crippen LogP contribution in [0.1, 0.15) is 18.4 Å². The minimum Gasteiger partial charge on any atom is -0.489 e. The number of hydrogen-bond donors (Lipinski definition) is 1. The van der Waals surface area contributed by atoms with Crippen molar-refractivity contribution in [2.45, 2.75) is 18.3 Å². The van der Waals surface area contributed by atoms with Gasteiger partial charge in [0.25, 0.3) is 0 Å². The Labute approximate surface area is 163 Å². The molecule has 0 bridgehead atoms. The highest BCUT2D eigenvalue weighted by Gasteiger charge is 2.51. The van der Waals surface area contributed by atoms with Crippen LogP contribution in [-0.4, -0.2) is 12.5 Å². The average molecular weight is 378 g/mol. The van der Waals surface area contributed by atoms with Crippen molar-refractivity contribution in [3.05, 3.63) is 83.9 Å². The number of benzene rings is 3. The molecule has 1 aliphatic rings. The van der Waals surface area contributed by atoms with Gasteiger partial charge in [0.15, 0.2) is 0 Å². The lowest BCUT2D eigenvalue weighted by atomic mass is 9.94. The maximum atomic E-state index is 13.1. The maximum absolute atomic E-state index is 13.1. The van der Waals surface area contributed by atoms with Gasteiger partial charge in [-0.3, -0.25) is 4.79 Å². The van der Waals surface area contributed by atoms with Crippen LogP contribution in [0, 0.1) is 0 Å². The number of nitrogens with one attached hydrogen (secondary N) is 1. The number of rotatable bonds is 6. The first kappa shape index (κ1) is 17.6. The third-order valence-electron chi connectivity index (χ3n) is 5.07. The normalized spacial score (nSPS) is 14.6. The van der Waals surface area contributed by atoms with Crippen LogP contribution in [0.4, 0.5) is 5.69 Å². The molecule has 1 fully saturated rings. The Morgan fingerprint density at radius 3 is 2.44 bits per heavy atom. The SMILES string of the molecule is C=CCOc1ccc(NC(=O)C2(c3ccc(Cl)cc3)CC2)c2ccccc12. The Kier molecular flexibility index (Phi) is 4.63. The molecule has 1 saturated carbocycles. The molecule has 27 heavy (non-hydrogen) atoms. The summed E-state index contributed by atoms with van der Waals surface area (Å²) < 4.78 is 5.75. The molecule has 4 rings (SSSR count). The van der Waals surface area contributed by atoms with E-state index in [1.807, 2.05) is 60.7 Å². The van der Waals surface area contributed by atoms with E-state index in [9.17, 15) is 4.79 Å². The van der Waals surface area contributed by atoms with Crippen LogP contribution < -0.4 is 10.1 Å². The van der Waals surface area contributed by atoms with Crippen molar-refractivity contribution in [3.8, 4) is 5.75 Å². The third-order valence-corrected chi connectivity index (χ3v) is 5.32. The van der Waals surface area contributed by atoms with E-state index >= 15 is 0 Å². The largest absolute Gasteiger partial charge is 0.489 e. The molecule has 0 spiro atoms. The van der Waals surface area contributed by atoms with Crippen LogP contribution in [0.15, 0.2) is 73.3 Å². The molecule has 0 saturated heterocycles. The Bertz CT molecular complexity index is 1010. The molecule has 0 atom stereocenters. The molecule has 3 nitrogen and oxygen atoms in total. The van der Waals surface area contributed by atoms with Gasteiger partial charge in [-0.2, -0.15) is 0 Å². The van der Waals surface area contributed by atoms with Gasteiger partial charge in [-0.05, 0) is 42.7 Å². The van der Waals surface area contributed by atoms with Crippen molar-refractivity contribution >= 4 is 34.0 Å². The van der Waals surface area contributed by atoms with Crippen molar-refractivity contribution in [1.29, 1.82) is 0 Å². The molecule has 0 radical (unpaired) electrons. The van der Waals surface area contributed by atoms with Crippen molar-refractivity contribution in [3.63, 3.8) is 0 Å². The summed E-state index contributed by atoms with van der Waals surface area (Å²) in [5.74, 6) is 0.803. The summed E-state index contributed by atoms with van der Waals surface area (Å²) in [7, 11) is 0. The van der Waals surface area contributed by atoms with E-state index < -0.39 is 5.41 Å². The lowest BCUT2D eigenvalue weighted by Crippen LogP contribution is -2.27. The second kappa shape index (κ2) is 7.09. The van der Waals surface area contributed by atoms with Gasteiger partial charge >= 0.3 is 0 Å². The van der Waals surface area contributed by atoms with E-state index in [1.54, 1.807) is 6.08 Å². The summed E-state index contributed by atoms with van der Waals surface area (Å²) in [6.45, 7) is 4.13. The quantitative estimate of drug-likeness (QED) is 0.557. The molecule has 0 aromatic heterocycles. The molecular formula is C23H20ClNO2. The Hall–Kier alpha value is -2.78. The highest BCUT2D eigenvalue weighted by Crippen LogP contribution is 2.49. The van der Waals surface area contributed by atoms with Crippen molar-refractivity contribution in [2.24, 2.45) is 0 Å². The molecule has 3 aromatic rings. The number of carbonyl (C=O) groups excluding carboxylic acids is 1. The number of ether oxygens (including phenoxy) is 1. The molecule has 1 aliphatic carbocycles. The van der Waals surface area contributed by atoms with Crippen molar-refractivity contribution < 1.29 is 9.53 Å². The predicted molar refractivity (Wildman–Crippen MR) is 111 cm³/mol. The fourth-order valence-corrected chi connectivity index (χ4v) is 3.56. The summed E-state index contributed by atoms with van der Waals surface area (Å²) in [6, 6.07) is 19.3. The monoisotopic (exact) mass is 377 g/mol. The van der Waals surface area contributed by atoms with E-state index in [1.165, 1.54) is 0 Å². The molecule has 3 aromatic carbocycles. The van der Waals surface area contributed by atoms with Gasteiger partial charge in [-0.15, -0.1) is 0 Å². The fraction of sp³-hybridized carbons (Fsp3) is 0.174. The molecular weight excluding hydrogens is 358 g/mol. The van der Waals surface area contributed by atoms with E-state index in [-0.39, 0.29) is 5.91 Å². The first-order valence-corrected chi connectivity index (χ1v) is 9.35. The minimum atomic E-state index is -0.455. The molecule has 4 heteroatoms. The first-order chi connectivity index (χ1) is 13.1. The highest BCUT2D eigenvalue weighted by molar-refractivity contribution is 6.30. The lowest BCUT2D eigenvalue weighted by molar-refractivity contribution is -0.118. The summed E-state index contributed by atoms with van der Waals surface area (Å²) in [6.07, 6.45) is 3.41. The zero-order valence-corrected chi connectivity index (χ0v) is 15.6. The molecule has 1 amide bonds. The highest BCUT2D eigenvalue weighted by atomic mass is 35.5. The number of fused-ring (bicyclic) bond motifs is 1. The molecule has 0 heterocycles. The number of halogens is 1. The second-order valence-electron chi connectivity index (χ2n) is 6.80. The van der Waals surface area contributed by atoms with Crippen LogP contribution >= 0.6 is 11.6 Å². The van der Waals surface area contributed by atoms with Crippen LogP contribution in [0.3, 0.4) is 0 Å². The maximum Gasteiger partial charge on any atom is 0.235 e. The van der Waals surface area contributed by atoms with E-state index in [2.05, 4.69) is 11.9 Å². The van der Waals surface area contributed by atoms with Gasteiger partial charge in [0.2, 0.25) is 5.91 Å². The fourth-order valence-electron chi connectivity index (χ4n) is 3.44. The summed E-state index contributed by atoms with van der Waals surface area (Å²) >= 11 is 5.99. The van der Waals surface area contributed by atoms with Crippen LogP contribution in [0.25, 0.3) is 10.8 Å². The zero-order valence-electron chi connectivity index (χ0n) is 14.9. The topological polar surface area (TPSA) is 38.3 Å². The van der Waals surface area contributed by atoms with Gasteiger partial charge in [0.05, 0.1) is 5.41 Å². The Morgan fingerprint density at radius 2 is 1.78 bits per heavy atom. The molecule has 0 aliphatic heterocycles. The number of hydrogen-bond acceptors (Lipinski definition) is 2. The zero-order chi connectivity index (χ0) is 18.9. The molecule has 136 valence electrons. The number of amides is 1. The lowest BCUT2D eigenvalue weighted by Gasteiger charge is -2.18. The van der Waals surface area contributed by atoms with Crippen LogP contribution in [0.2, 0.25) is 5.02 Å². The predicted octanol–water partition coefficient (Wildman–Crippen LogP) is 5.73. The van der Waals surface area contributed by atoms with Crippen molar-refractivity contribution in [1.82, 2.24) is 0 Å². The Morgan fingerprint density at radius 1 is 1.07 bits per heavy atom. The summed E-state index contributed by atoms with van der Waals surface area (Å²) in [5.41, 5.74) is 1.35. The molecule has 0 unspecified atom stereocenters. The third kappa shape index (κ3) is 3.31. The number of carbonyl (C=O) groups is 1. The van der Waals surface area contributed by atoms with E-state index in [0.717, 1.165) is 40.6 Å². The summed E-state index contributed by atoms with van der Waals surface area (Å²) in [4.78, 5) is 13.1. The van der Waals surface area contributed by atoms with Gasteiger partial charge < -0.3 is 10.1 Å².